The van der Waals surface area contributed by atoms with Gasteiger partial charge in [0.15, 0.2) is 0 Å². The first-order valence-electron chi connectivity index (χ1n) is 6.83. The van der Waals surface area contributed by atoms with Gasteiger partial charge in [-0.15, -0.1) is 0 Å². The third-order valence-electron chi connectivity index (χ3n) is 2.78. The minimum Gasteiger partial charge on any atom is -0.465 e. The van der Waals surface area contributed by atoms with Crippen molar-refractivity contribution in [3.63, 3.8) is 0 Å². The highest BCUT2D eigenvalue weighted by atomic mass is 32.2. The highest BCUT2D eigenvalue weighted by molar-refractivity contribution is 7.98. The van der Waals surface area contributed by atoms with Crippen LogP contribution in [0.15, 0.2) is 28.4 Å². The zero-order valence-electron chi connectivity index (χ0n) is 12.1. The van der Waals surface area contributed by atoms with E-state index in [4.69, 9.17) is 4.42 Å². The van der Waals surface area contributed by atoms with E-state index >= 15 is 0 Å². The van der Waals surface area contributed by atoms with Crippen molar-refractivity contribution >= 4 is 11.8 Å². The highest BCUT2D eigenvalue weighted by Gasteiger charge is 2.03. The molecule has 112 valence electrons. The number of nitro groups is 1. The summed E-state index contributed by atoms with van der Waals surface area (Å²) in [5.74, 6) is 3.88. The summed E-state index contributed by atoms with van der Waals surface area (Å²) >= 11 is 1.79. The first kappa shape index (κ1) is 16.6. The van der Waals surface area contributed by atoms with Crippen LogP contribution < -0.4 is 5.32 Å². The van der Waals surface area contributed by atoms with Crippen LogP contribution in [0.1, 0.15) is 37.7 Å². The largest absolute Gasteiger partial charge is 0.465 e. The fourth-order valence-corrected chi connectivity index (χ4v) is 2.65. The second-order valence-corrected chi connectivity index (χ2v) is 5.57. The van der Waals surface area contributed by atoms with E-state index in [9.17, 15) is 10.1 Å². The van der Waals surface area contributed by atoms with Gasteiger partial charge in [-0.25, -0.2) is 0 Å². The van der Waals surface area contributed by atoms with Gasteiger partial charge < -0.3 is 9.73 Å². The Morgan fingerprint density at radius 2 is 2.25 bits per heavy atom. The van der Waals surface area contributed by atoms with Gasteiger partial charge in [-0.05, 0) is 37.1 Å². The van der Waals surface area contributed by atoms with Crippen molar-refractivity contribution in [1.29, 1.82) is 0 Å². The molecule has 0 saturated carbocycles. The molecule has 1 aromatic rings. The van der Waals surface area contributed by atoms with E-state index in [-0.39, 0.29) is 0 Å². The molecule has 0 atom stereocenters. The van der Waals surface area contributed by atoms with Gasteiger partial charge in [0.2, 0.25) is 0 Å². The van der Waals surface area contributed by atoms with Crippen LogP contribution >= 0.6 is 11.8 Å². The van der Waals surface area contributed by atoms with Crippen LogP contribution in [-0.2, 0) is 12.2 Å². The normalized spacial score (nSPS) is 11.6. The average molecular weight is 298 g/mol. The number of nitrogens with zero attached hydrogens (tertiary/aromatic N) is 1. The monoisotopic (exact) mass is 298 g/mol. The van der Waals surface area contributed by atoms with E-state index in [1.807, 2.05) is 12.1 Å². The molecule has 0 amide bonds. The Morgan fingerprint density at radius 3 is 2.90 bits per heavy atom. The van der Waals surface area contributed by atoms with Gasteiger partial charge in [0, 0.05) is 13.5 Å². The van der Waals surface area contributed by atoms with Gasteiger partial charge in [-0.1, -0.05) is 6.92 Å². The Kier molecular flexibility index (Phi) is 7.87. The predicted molar refractivity (Wildman–Crippen MR) is 82.2 cm³/mol. The molecule has 0 aromatic carbocycles. The van der Waals surface area contributed by atoms with E-state index in [2.05, 4.69) is 12.2 Å². The lowest BCUT2D eigenvalue weighted by Gasteiger charge is -2.03. The van der Waals surface area contributed by atoms with Crippen LogP contribution in [0.5, 0.6) is 0 Å². The third kappa shape index (κ3) is 6.65. The van der Waals surface area contributed by atoms with Crippen LogP contribution in [0.25, 0.3) is 0 Å². The second-order valence-electron chi connectivity index (χ2n) is 4.46. The molecular formula is C14H22N2O3S. The van der Waals surface area contributed by atoms with E-state index in [0.717, 1.165) is 48.5 Å². The molecule has 0 aliphatic rings. The molecule has 1 N–H and O–H groups in total. The lowest BCUT2D eigenvalue weighted by Crippen LogP contribution is -2.08. The zero-order chi connectivity index (χ0) is 14.8. The van der Waals surface area contributed by atoms with Crippen LogP contribution in [0.4, 0.5) is 0 Å². The van der Waals surface area contributed by atoms with E-state index in [0.29, 0.717) is 12.1 Å². The van der Waals surface area contributed by atoms with Crippen molar-refractivity contribution < 1.29 is 9.34 Å². The number of furan rings is 1. The summed E-state index contributed by atoms with van der Waals surface area (Å²) in [7, 11) is 1.71. The highest BCUT2D eigenvalue weighted by Crippen LogP contribution is 2.18. The van der Waals surface area contributed by atoms with Gasteiger partial charge in [0.05, 0.1) is 16.4 Å². The van der Waals surface area contributed by atoms with Crippen molar-refractivity contribution in [3.05, 3.63) is 45.7 Å². The minimum atomic E-state index is -0.420. The molecule has 0 saturated heterocycles. The smallest absolute Gasteiger partial charge is 0.253 e. The van der Waals surface area contributed by atoms with Crippen LogP contribution in [0.3, 0.4) is 0 Å². The molecule has 0 unspecified atom stereocenters. The van der Waals surface area contributed by atoms with Crippen molar-refractivity contribution in [1.82, 2.24) is 5.32 Å². The summed E-state index contributed by atoms with van der Waals surface area (Å²) in [6.45, 7) is 2.13. The quantitative estimate of drug-likeness (QED) is 0.406. The number of allylic oxidation sites excluding steroid dienone is 1. The Bertz CT molecular complexity index is 443. The fourth-order valence-electron chi connectivity index (χ4n) is 1.80. The molecule has 6 heteroatoms. The maximum atomic E-state index is 10.4. The van der Waals surface area contributed by atoms with Gasteiger partial charge in [-0.2, -0.15) is 11.8 Å². The summed E-state index contributed by atoms with van der Waals surface area (Å²) in [5, 5.41) is 13.2. The Hall–Kier alpha value is -1.43. The Balaban J connectivity index is 2.19. The van der Waals surface area contributed by atoms with Crippen molar-refractivity contribution in [3.8, 4) is 0 Å². The molecule has 0 aliphatic carbocycles. The number of nitrogens with one attached hydrogen (secondary N) is 1. The van der Waals surface area contributed by atoms with Crippen LogP contribution in [-0.4, -0.2) is 17.7 Å². The first-order valence-corrected chi connectivity index (χ1v) is 7.98. The number of aryl methyl sites for hydroxylation is 1. The third-order valence-corrected chi connectivity index (χ3v) is 3.84. The average Bonchev–Trinajstić information content (AvgIpc) is 2.84. The SMILES string of the molecule is CCCc1ccc(CSCCC/C(=C/[N+](=O)[O-])NC)o1. The van der Waals surface area contributed by atoms with Crippen molar-refractivity contribution in [2.75, 3.05) is 12.8 Å². The molecule has 1 heterocycles. The standard InChI is InChI=1S/C14H22N2O3S/c1-3-5-13-7-8-14(19-13)11-20-9-4-6-12(15-2)10-16(17)18/h7-8,10,15H,3-6,9,11H2,1-2H3/b12-10-. The van der Waals surface area contributed by atoms with Gasteiger partial charge in [0.1, 0.15) is 11.5 Å². The summed E-state index contributed by atoms with van der Waals surface area (Å²) in [4.78, 5) is 9.95. The molecule has 0 radical (unpaired) electrons. The molecule has 0 aliphatic heterocycles. The minimum absolute atomic E-state index is 0.420. The number of hydrogen-bond acceptors (Lipinski definition) is 5. The Labute approximate surface area is 124 Å². The topological polar surface area (TPSA) is 68.3 Å². The first-order chi connectivity index (χ1) is 9.65. The molecule has 0 fully saturated rings. The zero-order valence-corrected chi connectivity index (χ0v) is 12.9. The summed E-state index contributed by atoms with van der Waals surface area (Å²) in [6, 6.07) is 4.07. The van der Waals surface area contributed by atoms with Gasteiger partial charge in [-0.3, -0.25) is 10.1 Å². The van der Waals surface area contributed by atoms with Gasteiger partial charge >= 0.3 is 0 Å². The fraction of sp³-hybridized carbons (Fsp3) is 0.571. The molecule has 0 spiro atoms. The maximum absolute atomic E-state index is 10.4. The maximum Gasteiger partial charge on any atom is 0.253 e. The lowest BCUT2D eigenvalue weighted by molar-refractivity contribution is -0.403. The summed E-state index contributed by atoms with van der Waals surface area (Å²) in [6.07, 6.45) is 4.73. The number of thioether (sulfide) groups is 1. The molecule has 5 nitrogen and oxygen atoms in total. The second kappa shape index (κ2) is 9.47. The summed E-state index contributed by atoms with van der Waals surface area (Å²) in [5.41, 5.74) is 0.666. The van der Waals surface area contributed by atoms with Crippen LogP contribution in [0.2, 0.25) is 0 Å². The predicted octanol–water partition coefficient (Wildman–Crippen LogP) is 3.58. The molecule has 0 bridgehead atoms. The summed E-state index contributed by atoms with van der Waals surface area (Å²) < 4.78 is 5.69. The van der Waals surface area contributed by atoms with E-state index in [1.54, 1.807) is 18.8 Å². The van der Waals surface area contributed by atoms with Gasteiger partial charge in [0.25, 0.3) is 6.20 Å². The van der Waals surface area contributed by atoms with Crippen LogP contribution in [0, 0.1) is 10.1 Å². The molecular weight excluding hydrogens is 276 g/mol. The molecule has 1 aromatic heterocycles. The van der Waals surface area contributed by atoms with Crippen molar-refractivity contribution in [2.24, 2.45) is 0 Å². The molecule has 20 heavy (non-hydrogen) atoms. The number of hydrogen-bond donors (Lipinski definition) is 1. The van der Waals surface area contributed by atoms with Crippen molar-refractivity contribution in [2.45, 2.75) is 38.4 Å². The van der Waals surface area contributed by atoms with E-state index in [1.165, 1.54) is 0 Å². The van der Waals surface area contributed by atoms with E-state index < -0.39 is 4.92 Å². The number of rotatable bonds is 10. The molecule has 1 rings (SSSR count). The lowest BCUT2D eigenvalue weighted by atomic mass is 10.3. The Morgan fingerprint density at radius 1 is 1.50 bits per heavy atom.